The molecule has 0 aromatic heterocycles. The van der Waals surface area contributed by atoms with Crippen molar-refractivity contribution >= 4 is 5.96 Å². The summed E-state index contributed by atoms with van der Waals surface area (Å²) in [5.74, 6) is 1.64. The van der Waals surface area contributed by atoms with Crippen molar-refractivity contribution < 1.29 is 4.74 Å². The van der Waals surface area contributed by atoms with E-state index in [1.807, 2.05) is 0 Å². The summed E-state index contributed by atoms with van der Waals surface area (Å²) in [5.41, 5.74) is 0. The largest absolute Gasteiger partial charge is 0.379 e. The number of morpholine rings is 1. The lowest BCUT2D eigenvalue weighted by atomic mass is 10.0. The second-order valence-corrected chi connectivity index (χ2v) is 8.36. The Morgan fingerprint density at radius 3 is 2.41 bits per heavy atom. The standard InChI is InChI=1S/C21H45N5O/c1-7-22-21(23-10-8-9-11-25(6)19(4)5)24-17-20(16-18(2)3)26-12-14-27-15-13-26/h18-20H,7-17H2,1-6H3,(H2,22,23,24). The first-order chi connectivity index (χ1) is 12.9. The predicted octanol–water partition coefficient (Wildman–Crippen LogP) is 2.41. The Morgan fingerprint density at radius 1 is 1.11 bits per heavy atom. The first-order valence-corrected chi connectivity index (χ1v) is 11.0. The molecule has 0 aromatic rings. The maximum Gasteiger partial charge on any atom is 0.191 e. The molecule has 1 rings (SSSR count). The van der Waals surface area contributed by atoms with Crippen LogP contribution in [0.25, 0.3) is 0 Å². The Labute approximate surface area is 168 Å². The predicted molar refractivity (Wildman–Crippen MR) is 117 cm³/mol. The summed E-state index contributed by atoms with van der Waals surface area (Å²) in [6.07, 6.45) is 3.57. The molecule has 0 saturated carbocycles. The molecule has 1 saturated heterocycles. The van der Waals surface area contributed by atoms with Gasteiger partial charge in [-0.3, -0.25) is 9.89 Å². The fraction of sp³-hybridized carbons (Fsp3) is 0.952. The molecule has 1 aliphatic heterocycles. The number of hydrogen-bond acceptors (Lipinski definition) is 4. The lowest BCUT2D eigenvalue weighted by molar-refractivity contribution is 0.0143. The van der Waals surface area contributed by atoms with Crippen molar-refractivity contribution in [1.82, 2.24) is 20.4 Å². The van der Waals surface area contributed by atoms with Gasteiger partial charge in [0.15, 0.2) is 5.96 Å². The quantitative estimate of drug-likeness (QED) is 0.308. The molecule has 0 amide bonds. The minimum absolute atomic E-state index is 0.504. The van der Waals surface area contributed by atoms with Crippen molar-refractivity contribution in [3.8, 4) is 0 Å². The van der Waals surface area contributed by atoms with Crippen LogP contribution >= 0.6 is 0 Å². The second kappa shape index (κ2) is 14.2. The van der Waals surface area contributed by atoms with Crippen LogP contribution in [0.15, 0.2) is 4.99 Å². The summed E-state index contributed by atoms with van der Waals surface area (Å²) in [6, 6.07) is 1.12. The minimum Gasteiger partial charge on any atom is -0.379 e. The average molecular weight is 384 g/mol. The zero-order valence-electron chi connectivity index (χ0n) is 18.8. The smallest absolute Gasteiger partial charge is 0.191 e. The van der Waals surface area contributed by atoms with Crippen LogP contribution in [0, 0.1) is 5.92 Å². The van der Waals surface area contributed by atoms with Crippen LogP contribution < -0.4 is 10.6 Å². The van der Waals surface area contributed by atoms with Crippen molar-refractivity contribution in [2.75, 3.05) is 59.5 Å². The first-order valence-electron chi connectivity index (χ1n) is 11.0. The van der Waals surface area contributed by atoms with Crippen molar-refractivity contribution in [3.05, 3.63) is 0 Å². The number of guanidine groups is 1. The van der Waals surface area contributed by atoms with E-state index in [0.29, 0.717) is 18.0 Å². The van der Waals surface area contributed by atoms with Gasteiger partial charge >= 0.3 is 0 Å². The molecule has 6 nitrogen and oxygen atoms in total. The number of nitrogens with zero attached hydrogens (tertiary/aromatic N) is 3. The van der Waals surface area contributed by atoms with E-state index in [1.54, 1.807) is 0 Å². The molecular formula is C21H45N5O. The van der Waals surface area contributed by atoms with Gasteiger partial charge in [0.1, 0.15) is 0 Å². The van der Waals surface area contributed by atoms with Gasteiger partial charge in [-0.1, -0.05) is 13.8 Å². The molecule has 0 aliphatic carbocycles. The highest BCUT2D eigenvalue weighted by atomic mass is 16.5. The van der Waals surface area contributed by atoms with Gasteiger partial charge in [0.2, 0.25) is 0 Å². The number of aliphatic imine (C=N–C) groups is 1. The third-order valence-corrected chi connectivity index (χ3v) is 5.22. The second-order valence-electron chi connectivity index (χ2n) is 8.36. The molecule has 1 unspecified atom stereocenters. The van der Waals surface area contributed by atoms with Crippen LogP contribution in [-0.2, 0) is 4.74 Å². The molecule has 1 heterocycles. The fourth-order valence-electron chi connectivity index (χ4n) is 3.32. The molecule has 2 N–H and O–H groups in total. The normalized spacial score (nSPS) is 17.7. The van der Waals surface area contributed by atoms with Gasteiger partial charge in [0.25, 0.3) is 0 Å². The summed E-state index contributed by atoms with van der Waals surface area (Å²) in [5, 5.41) is 6.91. The van der Waals surface area contributed by atoms with Gasteiger partial charge in [-0.25, -0.2) is 0 Å². The van der Waals surface area contributed by atoms with E-state index in [4.69, 9.17) is 9.73 Å². The van der Waals surface area contributed by atoms with E-state index in [-0.39, 0.29) is 0 Å². The Morgan fingerprint density at radius 2 is 1.81 bits per heavy atom. The zero-order chi connectivity index (χ0) is 20.1. The topological polar surface area (TPSA) is 52.1 Å². The summed E-state index contributed by atoms with van der Waals surface area (Å²) in [6.45, 7) is 18.9. The SMILES string of the molecule is CCNC(=NCC(CC(C)C)N1CCOCC1)NCCCCN(C)C(C)C. The summed E-state index contributed by atoms with van der Waals surface area (Å²) in [4.78, 5) is 9.86. The highest BCUT2D eigenvalue weighted by molar-refractivity contribution is 5.79. The lowest BCUT2D eigenvalue weighted by Crippen LogP contribution is -2.46. The number of ether oxygens (including phenoxy) is 1. The van der Waals surface area contributed by atoms with Crippen LogP contribution in [-0.4, -0.2) is 87.4 Å². The maximum absolute atomic E-state index is 5.52. The van der Waals surface area contributed by atoms with E-state index in [2.05, 4.69) is 62.1 Å². The van der Waals surface area contributed by atoms with Gasteiger partial charge < -0.3 is 20.3 Å². The van der Waals surface area contributed by atoms with Crippen LogP contribution in [0.1, 0.15) is 53.9 Å². The molecule has 0 aromatic carbocycles. The third-order valence-electron chi connectivity index (χ3n) is 5.22. The number of rotatable bonds is 12. The Balaban J connectivity index is 2.46. The van der Waals surface area contributed by atoms with Crippen LogP contribution in [0.4, 0.5) is 0 Å². The van der Waals surface area contributed by atoms with Gasteiger partial charge in [-0.05, 0) is 59.5 Å². The van der Waals surface area contributed by atoms with Crippen molar-refractivity contribution in [1.29, 1.82) is 0 Å². The maximum atomic E-state index is 5.52. The van der Waals surface area contributed by atoms with Gasteiger partial charge in [-0.2, -0.15) is 0 Å². The van der Waals surface area contributed by atoms with E-state index < -0.39 is 0 Å². The summed E-state index contributed by atoms with van der Waals surface area (Å²) < 4.78 is 5.52. The number of unbranched alkanes of at least 4 members (excludes halogenated alkanes) is 1. The van der Waals surface area contributed by atoms with Gasteiger partial charge in [0, 0.05) is 38.3 Å². The van der Waals surface area contributed by atoms with Crippen molar-refractivity contribution in [3.63, 3.8) is 0 Å². The average Bonchev–Trinajstić information content (AvgIpc) is 2.64. The molecule has 0 radical (unpaired) electrons. The molecule has 27 heavy (non-hydrogen) atoms. The Bertz CT molecular complexity index is 394. The molecule has 6 heteroatoms. The zero-order valence-corrected chi connectivity index (χ0v) is 18.8. The molecule has 1 atom stereocenters. The van der Waals surface area contributed by atoms with Crippen LogP contribution in [0.3, 0.4) is 0 Å². The monoisotopic (exact) mass is 383 g/mol. The Hall–Kier alpha value is -0.850. The van der Waals surface area contributed by atoms with E-state index >= 15 is 0 Å². The molecule has 1 aliphatic rings. The molecule has 160 valence electrons. The third kappa shape index (κ3) is 10.9. The molecule has 0 bridgehead atoms. The van der Waals surface area contributed by atoms with E-state index in [9.17, 15) is 0 Å². The first kappa shape index (κ1) is 24.2. The Kier molecular flexibility index (Phi) is 12.7. The van der Waals surface area contributed by atoms with Crippen molar-refractivity contribution in [2.24, 2.45) is 10.9 Å². The minimum atomic E-state index is 0.504. The fourth-order valence-corrected chi connectivity index (χ4v) is 3.32. The van der Waals surface area contributed by atoms with Crippen LogP contribution in [0.2, 0.25) is 0 Å². The highest BCUT2D eigenvalue weighted by Gasteiger charge is 2.21. The summed E-state index contributed by atoms with van der Waals surface area (Å²) >= 11 is 0. The number of hydrogen-bond donors (Lipinski definition) is 2. The molecular weight excluding hydrogens is 338 g/mol. The molecule has 0 spiro atoms. The van der Waals surface area contributed by atoms with E-state index in [0.717, 1.165) is 58.4 Å². The van der Waals surface area contributed by atoms with Gasteiger partial charge in [0.05, 0.1) is 19.8 Å². The van der Waals surface area contributed by atoms with Crippen LogP contribution in [0.5, 0.6) is 0 Å². The number of nitrogens with one attached hydrogen (secondary N) is 2. The summed E-state index contributed by atoms with van der Waals surface area (Å²) in [7, 11) is 2.20. The van der Waals surface area contributed by atoms with Crippen molar-refractivity contribution in [2.45, 2.75) is 66.0 Å². The molecule has 1 fully saturated rings. The highest BCUT2D eigenvalue weighted by Crippen LogP contribution is 2.14. The lowest BCUT2D eigenvalue weighted by Gasteiger charge is -2.34. The van der Waals surface area contributed by atoms with E-state index in [1.165, 1.54) is 19.3 Å². The van der Waals surface area contributed by atoms with Gasteiger partial charge in [-0.15, -0.1) is 0 Å².